The highest BCUT2D eigenvalue weighted by atomic mass is 32.2. The molecular weight excluding hydrogens is 436 g/mol. The zero-order valence-electron chi connectivity index (χ0n) is 17.4. The molecule has 0 bridgehead atoms. The molecule has 1 aromatic carbocycles. The van der Waals surface area contributed by atoms with Crippen LogP contribution in [0.2, 0.25) is 0 Å². The predicted molar refractivity (Wildman–Crippen MR) is 117 cm³/mol. The fourth-order valence-corrected chi connectivity index (χ4v) is 3.80. The Morgan fingerprint density at radius 1 is 1.06 bits per heavy atom. The number of ether oxygens (including phenoxy) is 1. The first-order chi connectivity index (χ1) is 15.3. The molecule has 0 saturated carbocycles. The number of carbonyl (C=O) groups excluding carboxylic acids is 2. The molecule has 0 radical (unpaired) electrons. The molecule has 0 atom stereocenters. The number of hydrogen-bond acceptors (Lipinski definition) is 7. The van der Waals surface area contributed by atoms with Crippen molar-refractivity contribution in [3.63, 3.8) is 0 Å². The molecule has 2 heterocycles. The van der Waals surface area contributed by atoms with Crippen LogP contribution in [-0.2, 0) is 26.2 Å². The second-order valence-electron chi connectivity index (χ2n) is 6.70. The standard InChI is InChI=1S/C20H22N6O5S/c1-25(32(29,30)18-4-3-9-21-11-18)13-19(27)24-16-10-22-26(12-16)14-20(28)23-15-5-7-17(31-2)8-6-15/h3-12H,13-14H2,1-2H3,(H,23,28)(H,24,27). The van der Waals surface area contributed by atoms with Crippen molar-refractivity contribution in [2.75, 3.05) is 31.3 Å². The number of likely N-dealkylation sites (N-methyl/N-ethyl adjacent to an activating group) is 1. The molecule has 0 fully saturated rings. The lowest BCUT2D eigenvalue weighted by atomic mass is 10.3. The van der Waals surface area contributed by atoms with Gasteiger partial charge in [-0.2, -0.15) is 9.40 Å². The average molecular weight is 459 g/mol. The third-order valence-corrected chi connectivity index (χ3v) is 6.09. The van der Waals surface area contributed by atoms with E-state index in [0.29, 0.717) is 17.1 Å². The van der Waals surface area contributed by atoms with E-state index in [9.17, 15) is 18.0 Å². The Kier molecular flexibility index (Phi) is 7.18. The number of anilines is 2. The van der Waals surface area contributed by atoms with Crippen LogP contribution >= 0.6 is 0 Å². The number of amides is 2. The SMILES string of the molecule is COc1ccc(NC(=O)Cn2cc(NC(=O)CN(C)S(=O)(=O)c3cccnc3)cn2)cc1. The van der Waals surface area contributed by atoms with Crippen LogP contribution < -0.4 is 15.4 Å². The number of pyridine rings is 1. The van der Waals surface area contributed by atoms with Gasteiger partial charge in [0.25, 0.3) is 0 Å². The molecule has 168 valence electrons. The highest BCUT2D eigenvalue weighted by molar-refractivity contribution is 7.89. The molecule has 11 nitrogen and oxygen atoms in total. The van der Waals surface area contributed by atoms with Gasteiger partial charge >= 0.3 is 0 Å². The number of benzene rings is 1. The van der Waals surface area contributed by atoms with Crippen LogP contribution in [0.5, 0.6) is 5.75 Å². The quantitative estimate of drug-likeness (QED) is 0.491. The minimum Gasteiger partial charge on any atom is -0.497 e. The molecule has 3 aromatic rings. The van der Waals surface area contributed by atoms with Gasteiger partial charge in [-0.15, -0.1) is 0 Å². The van der Waals surface area contributed by atoms with Crippen molar-refractivity contribution in [1.82, 2.24) is 19.1 Å². The van der Waals surface area contributed by atoms with Crippen molar-refractivity contribution in [3.05, 3.63) is 61.2 Å². The summed E-state index contributed by atoms with van der Waals surface area (Å²) >= 11 is 0. The van der Waals surface area contributed by atoms with Crippen LogP contribution in [0, 0.1) is 0 Å². The number of rotatable bonds is 9. The first-order valence-corrected chi connectivity index (χ1v) is 10.8. The van der Waals surface area contributed by atoms with E-state index in [1.807, 2.05) is 0 Å². The van der Waals surface area contributed by atoms with E-state index < -0.39 is 22.5 Å². The fraction of sp³-hybridized carbons (Fsp3) is 0.200. The Balaban J connectivity index is 1.52. The number of methoxy groups -OCH3 is 1. The summed E-state index contributed by atoms with van der Waals surface area (Å²) in [4.78, 5) is 28.2. The number of aromatic nitrogens is 3. The lowest BCUT2D eigenvalue weighted by molar-refractivity contribution is -0.117. The van der Waals surface area contributed by atoms with E-state index in [4.69, 9.17) is 4.74 Å². The highest BCUT2D eigenvalue weighted by Gasteiger charge is 2.23. The van der Waals surface area contributed by atoms with Gasteiger partial charge in [0, 0.05) is 31.3 Å². The molecule has 0 aliphatic carbocycles. The maximum Gasteiger partial charge on any atom is 0.246 e. The normalized spacial score (nSPS) is 11.2. The molecule has 2 N–H and O–H groups in total. The van der Waals surface area contributed by atoms with Crippen molar-refractivity contribution in [1.29, 1.82) is 0 Å². The number of hydrogen-bond donors (Lipinski definition) is 2. The lowest BCUT2D eigenvalue weighted by Gasteiger charge is -2.16. The second-order valence-corrected chi connectivity index (χ2v) is 8.75. The van der Waals surface area contributed by atoms with Gasteiger partial charge in [0.15, 0.2) is 0 Å². The molecule has 0 unspecified atom stereocenters. The Morgan fingerprint density at radius 2 is 1.78 bits per heavy atom. The van der Waals surface area contributed by atoms with E-state index >= 15 is 0 Å². The van der Waals surface area contributed by atoms with Gasteiger partial charge in [0.2, 0.25) is 21.8 Å². The smallest absolute Gasteiger partial charge is 0.246 e. The molecule has 0 aliphatic rings. The third kappa shape index (κ3) is 5.89. The Hall–Kier alpha value is -3.77. The summed E-state index contributed by atoms with van der Waals surface area (Å²) in [6, 6.07) is 9.77. The maximum atomic E-state index is 12.5. The van der Waals surface area contributed by atoms with Crippen molar-refractivity contribution in [2.24, 2.45) is 0 Å². The number of nitrogens with zero attached hydrogens (tertiary/aromatic N) is 4. The zero-order valence-corrected chi connectivity index (χ0v) is 18.2. The monoisotopic (exact) mass is 458 g/mol. The van der Waals surface area contributed by atoms with Crippen molar-refractivity contribution < 1.29 is 22.7 Å². The first-order valence-electron chi connectivity index (χ1n) is 9.40. The fourth-order valence-electron chi connectivity index (χ4n) is 2.70. The van der Waals surface area contributed by atoms with Gasteiger partial charge in [-0.05, 0) is 36.4 Å². The summed E-state index contributed by atoms with van der Waals surface area (Å²) in [5.74, 6) is -0.185. The number of carbonyl (C=O) groups is 2. The minimum atomic E-state index is -3.84. The summed E-state index contributed by atoms with van der Waals surface area (Å²) in [5, 5.41) is 9.33. The lowest BCUT2D eigenvalue weighted by Crippen LogP contribution is -2.34. The van der Waals surface area contributed by atoms with Crippen LogP contribution in [0.4, 0.5) is 11.4 Å². The van der Waals surface area contributed by atoms with Crippen LogP contribution in [0.25, 0.3) is 0 Å². The summed E-state index contributed by atoms with van der Waals surface area (Å²) < 4.78 is 32.3. The van der Waals surface area contributed by atoms with E-state index in [2.05, 4.69) is 20.7 Å². The topological polar surface area (TPSA) is 136 Å². The molecule has 0 saturated heterocycles. The number of sulfonamides is 1. The zero-order chi connectivity index (χ0) is 23.1. The summed E-state index contributed by atoms with van der Waals surface area (Å²) in [7, 11) is -0.988. The predicted octanol–water partition coefficient (Wildman–Crippen LogP) is 1.18. The first kappa shape index (κ1) is 22.9. The summed E-state index contributed by atoms with van der Waals surface area (Å²) in [5.41, 5.74) is 0.939. The molecule has 0 aliphatic heterocycles. The Morgan fingerprint density at radius 3 is 2.44 bits per heavy atom. The summed E-state index contributed by atoms with van der Waals surface area (Å²) in [6.07, 6.45) is 5.51. The van der Waals surface area contributed by atoms with Gasteiger partial charge in [-0.25, -0.2) is 8.42 Å². The molecule has 2 aromatic heterocycles. The molecule has 2 amide bonds. The van der Waals surface area contributed by atoms with E-state index in [-0.39, 0.29) is 17.3 Å². The molecule has 0 spiro atoms. The van der Waals surface area contributed by atoms with E-state index in [1.54, 1.807) is 31.4 Å². The minimum absolute atomic E-state index is 0.00834. The van der Waals surface area contributed by atoms with Gasteiger partial charge in [0.1, 0.15) is 17.2 Å². The molecular formula is C20H22N6O5S. The average Bonchev–Trinajstić information content (AvgIpc) is 3.21. The van der Waals surface area contributed by atoms with Crippen LogP contribution in [0.3, 0.4) is 0 Å². The molecule has 32 heavy (non-hydrogen) atoms. The van der Waals surface area contributed by atoms with Gasteiger partial charge in [-0.3, -0.25) is 19.3 Å². The Labute approximate surface area is 185 Å². The van der Waals surface area contributed by atoms with E-state index in [0.717, 1.165) is 4.31 Å². The van der Waals surface area contributed by atoms with Crippen molar-refractivity contribution >= 4 is 33.2 Å². The third-order valence-electron chi connectivity index (χ3n) is 4.31. The molecule has 3 rings (SSSR count). The molecule has 12 heteroatoms. The second kappa shape index (κ2) is 10.0. The van der Waals surface area contributed by atoms with E-state index in [1.165, 1.54) is 48.6 Å². The van der Waals surface area contributed by atoms with Crippen molar-refractivity contribution in [2.45, 2.75) is 11.4 Å². The van der Waals surface area contributed by atoms with Crippen LogP contribution in [0.15, 0.2) is 66.1 Å². The summed E-state index contributed by atoms with van der Waals surface area (Å²) in [6.45, 7) is -0.475. The van der Waals surface area contributed by atoms with Gasteiger partial charge < -0.3 is 15.4 Å². The maximum absolute atomic E-state index is 12.5. The van der Waals surface area contributed by atoms with Gasteiger partial charge in [0.05, 0.1) is 25.5 Å². The largest absolute Gasteiger partial charge is 0.497 e. The van der Waals surface area contributed by atoms with Crippen LogP contribution in [0.1, 0.15) is 0 Å². The number of nitrogens with one attached hydrogen (secondary N) is 2. The van der Waals surface area contributed by atoms with Crippen molar-refractivity contribution in [3.8, 4) is 5.75 Å². The van der Waals surface area contributed by atoms with Gasteiger partial charge in [-0.1, -0.05) is 0 Å². The van der Waals surface area contributed by atoms with Crippen LogP contribution in [-0.4, -0.2) is 60.0 Å². The Bertz CT molecular complexity index is 1180. The highest BCUT2D eigenvalue weighted by Crippen LogP contribution is 2.15.